The van der Waals surface area contributed by atoms with Gasteiger partial charge < -0.3 is 10.6 Å². The minimum Gasteiger partial charge on any atom is -0.338 e. The molecule has 3 nitrogen and oxygen atoms in total. The molecule has 0 bridgehead atoms. The zero-order valence-corrected chi connectivity index (χ0v) is 9.55. The third-order valence-electron chi connectivity index (χ3n) is 1.96. The van der Waals surface area contributed by atoms with Gasteiger partial charge in [0.25, 0.3) is 0 Å². The molecule has 0 aliphatic carbocycles. The van der Waals surface area contributed by atoms with Crippen molar-refractivity contribution < 1.29 is 4.79 Å². The van der Waals surface area contributed by atoms with Crippen LogP contribution in [0.15, 0.2) is 24.3 Å². The highest BCUT2D eigenvalue weighted by Crippen LogP contribution is 2.09. The standard InChI is InChI=1S/C12H13ClN2O/c1-2-8-14-12(16)15-9-7-10-3-5-11(13)6-4-10/h1,3-6H,7-9H2,(H2,14,15,16). The number of terminal acetylenes is 1. The molecule has 0 aromatic heterocycles. The van der Waals surface area contributed by atoms with Crippen molar-refractivity contribution in [1.29, 1.82) is 0 Å². The summed E-state index contributed by atoms with van der Waals surface area (Å²) in [4.78, 5) is 11.1. The van der Waals surface area contributed by atoms with Crippen LogP contribution < -0.4 is 10.6 Å². The Morgan fingerprint density at radius 2 is 2.00 bits per heavy atom. The molecule has 1 rings (SSSR count). The molecule has 0 radical (unpaired) electrons. The van der Waals surface area contributed by atoms with E-state index in [9.17, 15) is 4.79 Å². The van der Waals surface area contributed by atoms with Crippen LogP contribution in [-0.2, 0) is 6.42 Å². The first kappa shape index (κ1) is 12.4. The quantitative estimate of drug-likeness (QED) is 0.770. The summed E-state index contributed by atoms with van der Waals surface area (Å²) in [6.07, 6.45) is 5.77. The number of hydrogen-bond acceptors (Lipinski definition) is 1. The van der Waals surface area contributed by atoms with Gasteiger partial charge in [-0.3, -0.25) is 0 Å². The van der Waals surface area contributed by atoms with Crippen molar-refractivity contribution in [2.45, 2.75) is 6.42 Å². The van der Waals surface area contributed by atoms with Crippen LogP contribution in [0.4, 0.5) is 4.79 Å². The van der Waals surface area contributed by atoms with E-state index in [1.165, 1.54) is 0 Å². The Morgan fingerprint density at radius 1 is 1.31 bits per heavy atom. The molecule has 0 atom stereocenters. The largest absolute Gasteiger partial charge is 0.338 e. The SMILES string of the molecule is C#CCNC(=O)NCCc1ccc(Cl)cc1. The third-order valence-corrected chi connectivity index (χ3v) is 2.22. The van der Waals surface area contributed by atoms with Crippen LogP contribution in [0.3, 0.4) is 0 Å². The monoisotopic (exact) mass is 236 g/mol. The van der Waals surface area contributed by atoms with E-state index in [1.54, 1.807) is 0 Å². The first-order valence-corrected chi connectivity index (χ1v) is 5.30. The van der Waals surface area contributed by atoms with Gasteiger partial charge in [-0.2, -0.15) is 0 Å². The predicted molar refractivity (Wildman–Crippen MR) is 65.4 cm³/mol. The molecule has 0 heterocycles. The van der Waals surface area contributed by atoms with E-state index >= 15 is 0 Å². The van der Waals surface area contributed by atoms with Crippen LogP contribution in [0.2, 0.25) is 5.02 Å². The van der Waals surface area contributed by atoms with Gasteiger partial charge in [0.15, 0.2) is 0 Å². The molecule has 4 heteroatoms. The number of nitrogens with one attached hydrogen (secondary N) is 2. The number of urea groups is 1. The third kappa shape index (κ3) is 4.72. The minimum absolute atomic E-state index is 0.243. The minimum atomic E-state index is -0.244. The zero-order valence-electron chi connectivity index (χ0n) is 8.79. The summed E-state index contributed by atoms with van der Waals surface area (Å²) < 4.78 is 0. The van der Waals surface area contributed by atoms with Crippen LogP contribution >= 0.6 is 11.6 Å². The Kier molecular flexibility index (Phi) is 5.24. The molecule has 0 spiro atoms. The van der Waals surface area contributed by atoms with Crippen LogP contribution in [0.5, 0.6) is 0 Å². The first-order valence-electron chi connectivity index (χ1n) is 4.92. The molecule has 84 valence electrons. The van der Waals surface area contributed by atoms with Crippen molar-refractivity contribution in [1.82, 2.24) is 10.6 Å². The normalized spacial score (nSPS) is 9.25. The van der Waals surface area contributed by atoms with E-state index in [0.29, 0.717) is 11.6 Å². The number of halogens is 1. The first-order chi connectivity index (χ1) is 7.72. The maximum absolute atomic E-state index is 11.1. The molecule has 1 aromatic carbocycles. The molecule has 0 unspecified atom stereocenters. The summed E-state index contributed by atoms with van der Waals surface area (Å²) in [5, 5.41) is 5.93. The second kappa shape index (κ2) is 6.76. The van der Waals surface area contributed by atoms with Crippen molar-refractivity contribution in [3.05, 3.63) is 34.9 Å². The van der Waals surface area contributed by atoms with E-state index in [4.69, 9.17) is 18.0 Å². The molecule has 1 aromatic rings. The van der Waals surface area contributed by atoms with Gasteiger partial charge in [0, 0.05) is 11.6 Å². The highest BCUT2D eigenvalue weighted by molar-refractivity contribution is 6.30. The van der Waals surface area contributed by atoms with Crippen molar-refractivity contribution >= 4 is 17.6 Å². The molecule has 0 fully saturated rings. The van der Waals surface area contributed by atoms with Crippen LogP contribution in [0.1, 0.15) is 5.56 Å². The fraction of sp³-hybridized carbons (Fsp3) is 0.250. The molecular weight excluding hydrogens is 224 g/mol. The van der Waals surface area contributed by atoms with Gasteiger partial charge in [0.2, 0.25) is 0 Å². The van der Waals surface area contributed by atoms with Crippen LogP contribution in [0, 0.1) is 12.3 Å². The molecule has 0 aliphatic rings. The molecular formula is C12H13ClN2O. The summed E-state index contributed by atoms with van der Waals surface area (Å²) in [5.74, 6) is 2.33. The van der Waals surface area contributed by atoms with Crippen molar-refractivity contribution in [3.63, 3.8) is 0 Å². The highest BCUT2D eigenvalue weighted by Gasteiger charge is 1.98. The number of carbonyl (C=O) groups is 1. The summed E-state index contributed by atoms with van der Waals surface area (Å²) in [5.41, 5.74) is 1.13. The molecule has 2 N–H and O–H groups in total. The van der Waals surface area contributed by atoms with E-state index in [0.717, 1.165) is 12.0 Å². The van der Waals surface area contributed by atoms with E-state index in [2.05, 4.69) is 16.6 Å². The Labute approximate surface area is 100 Å². The molecule has 16 heavy (non-hydrogen) atoms. The van der Waals surface area contributed by atoms with E-state index in [-0.39, 0.29) is 12.6 Å². The lowest BCUT2D eigenvalue weighted by Crippen LogP contribution is -2.36. The summed E-state index contributed by atoms with van der Waals surface area (Å²) >= 11 is 5.75. The predicted octanol–water partition coefficient (Wildman–Crippen LogP) is 1.81. The lowest BCUT2D eigenvalue weighted by atomic mass is 10.1. The second-order valence-corrected chi connectivity index (χ2v) is 3.63. The average Bonchev–Trinajstić information content (AvgIpc) is 2.29. The summed E-state index contributed by atoms with van der Waals surface area (Å²) in [6.45, 7) is 0.810. The van der Waals surface area contributed by atoms with Gasteiger partial charge in [-0.1, -0.05) is 29.7 Å². The van der Waals surface area contributed by atoms with Gasteiger partial charge in [-0.25, -0.2) is 4.79 Å². The zero-order chi connectivity index (χ0) is 11.8. The molecule has 0 saturated carbocycles. The lowest BCUT2D eigenvalue weighted by molar-refractivity contribution is 0.242. The fourth-order valence-corrected chi connectivity index (χ4v) is 1.29. The van der Waals surface area contributed by atoms with Gasteiger partial charge in [-0.05, 0) is 24.1 Å². The smallest absolute Gasteiger partial charge is 0.315 e. The van der Waals surface area contributed by atoms with Gasteiger partial charge in [-0.15, -0.1) is 6.42 Å². The fourth-order valence-electron chi connectivity index (χ4n) is 1.17. The molecule has 0 saturated heterocycles. The summed E-state index contributed by atoms with van der Waals surface area (Å²) in [6, 6.07) is 7.28. The second-order valence-electron chi connectivity index (χ2n) is 3.19. The molecule has 0 aliphatic heterocycles. The maximum atomic E-state index is 11.1. The number of amides is 2. The van der Waals surface area contributed by atoms with Crippen molar-refractivity contribution in [2.75, 3.05) is 13.1 Å². The lowest BCUT2D eigenvalue weighted by Gasteiger charge is -2.05. The van der Waals surface area contributed by atoms with E-state index < -0.39 is 0 Å². The van der Waals surface area contributed by atoms with E-state index in [1.807, 2.05) is 24.3 Å². The Bertz CT molecular complexity index is 381. The number of carbonyl (C=O) groups excluding carboxylic acids is 1. The van der Waals surface area contributed by atoms with Gasteiger partial charge >= 0.3 is 6.03 Å². The topological polar surface area (TPSA) is 41.1 Å². The average molecular weight is 237 g/mol. The van der Waals surface area contributed by atoms with Gasteiger partial charge in [0.05, 0.1) is 6.54 Å². The number of hydrogen-bond donors (Lipinski definition) is 2. The Hall–Kier alpha value is -1.66. The molecule has 2 amide bonds. The Balaban J connectivity index is 2.23. The van der Waals surface area contributed by atoms with Crippen molar-refractivity contribution in [2.24, 2.45) is 0 Å². The number of rotatable bonds is 4. The van der Waals surface area contributed by atoms with Crippen molar-refractivity contribution in [3.8, 4) is 12.3 Å². The van der Waals surface area contributed by atoms with Crippen LogP contribution in [-0.4, -0.2) is 19.1 Å². The summed E-state index contributed by atoms with van der Waals surface area (Å²) in [7, 11) is 0. The van der Waals surface area contributed by atoms with Gasteiger partial charge in [0.1, 0.15) is 0 Å². The van der Waals surface area contributed by atoms with Crippen LogP contribution in [0.25, 0.3) is 0 Å². The Morgan fingerprint density at radius 3 is 2.62 bits per heavy atom. The maximum Gasteiger partial charge on any atom is 0.315 e. The highest BCUT2D eigenvalue weighted by atomic mass is 35.5. The number of benzene rings is 1.